The molecule has 0 spiro atoms. The number of rotatable bonds is 4. The van der Waals surface area contributed by atoms with E-state index in [-0.39, 0.29) is 18.0 Å². The van der Waals surface area contributed by atoms with Gasteiger partial charge < -0.3 is 10.6 Å². The van der Waals surface area contributed by atoms with Crippen LogP contribution in [0.1, 0.15) is 31.3 Å². The number of amides is 2. The monoisotopic (exact) mass is 321 g/mol. The Morgan fingerprint density at radius 1 is 1.36 bits per heavy atom. The lowest BCUT2D eigenvalue weighted by Gasteiger charge is -2.21. The summed E-state index contributed by atoms with van der Waals surface area (Å²) in [7, 11) is 1.80. The second kappa shape index (κ2) is 6.79. The maximum atomic E-state index is 12.2. The first-order valence-corrected chi connectivity index (χ1v) is 7.44. The molecule has 118 valence electrons. The molecule has 0 unspecified atom stereocenters. The van der Waals surface area contributed by atoms with E-state index in [1.165, 1.54) is 6.33 Å². The summed E-state index contributed by atoms with van der Waals surface area (Å²) in [5, 5.41) is 10.2. The zero-order valence-electron chi connectivity index (χ0n) is 13.1. The largest absolute Gasteiger partial charge is 0.328 e. The predicted molar refractivity (Wildman–Crippen MR) is 86.9 cm³/mol. The molecule has 2 aromatic rings. The molecule has 2 amide bonds. The van der Waals surface area contributed by atoms with Gasteiger partial charge in [-0.15, -0.1) is 0 Å². The minimum Gasteiger partial charge on any atom is -0.328 e. The van der Waals surface area contributed by atoms with Gasteiger partial charge in [-0.3, -0.25) is 4.68 Å². The summed E-state index contributed by atoms with van der Waals surface area (Å²) >= 11 is 6.13. The Balaban J connectivity index is 2.10. The quantitative estimate of drug-likeness (QED) is 0.907. The Morgan fingerprint density at radius 3 is 2.64 bits per heavy atom. The van der Waals surface area contributed by atoms with E-state index in [0.29, 0.717) is 16.5 Å². The van der Waals surface area contributed by atoms with Crippen molar-refractivity contribution in [3.05, 3.63) is 40.9 Å². The zero-order chi connectivity index (χ0) is 16.3. The molecular weight excluding hydrogens is 302 g/mol. The van der Waals surface area contributed by atoms with E-state index in [0.717, 1.165) is 5.56 Å². The van der Waals surface area contributed by atoms with Crippen molar-refractivity contribution in [3.63, 3.8) is 0 Å². The van der Waals surface area contributed by atoms with Gasteiger partial charge in [0.05, 0.1) is 16.8 Å². The predicted octanol–water partition coefficient (Wildman–Crippen LogP) is 3.30. The Hall–Kier alpha value is -2.08. The van der Waals surface area contributed by atoms with Crippen LogP contribution in [0.2, 0.25) is 5.02 Å². The molecule has 1 heterocycles. The van der Waals surface area contributed by atoms with Crippen LogP contribution in [0, 0.1) is 12.8 Å². The molecule has 1 aromatic heterocycles. The number of benzene rings is 1. The lowest BCUT2D eigenvalue weighted by atomic mass is 10.0. The molecule has 1 atom stereocenters. The lowest BCUT2D eigenvalue weighted by Crippen LogP contribution is -2.36. The minimum atomic E-state index is -0.326. The molecule has 0 aliphatic carbocycles. The molecule has 1 aromatic carbocycles. The van der Waals surface area contributed by atoms with Crippen molar-refractivity contribution in [2.24, 2.45) is 13.0 Å². The van der Waals surface area contributed by atoms with Gasteiger partial charge in [0.2, 0.25) is 0 Å². The molecule has 0 aliphatic heterocycles. The maximum absolute atomic E-state index is 12.2. The maximum Gasteiger partial charge on any atom is 0.319 e. The van der Waals surface area contributed by atoms with Gasteiger partial charge in [-0.25, -0.2) is 9.78 Å². The van der Waals surface area contributed by atoms with Gasteiger partial charge in [-0.1, -0.05) is 31.5 Å². The highest BCUT2D eigenvalue weighted by atomic mass is 35.5. The van der Waals surface area contributed by atoms with Gasteiger partial charge in [0.1, 0.15) is 12.2 Å². The minimum absolute atomic E-state index is 0.169. The second-order valence-electron chi connectivity index (χ2n) is 5.55. The van der Waals surface area contributed by atoms with Crippen molar-refractivity contribution in [3.8, 4) is 0 Å². The van der Waals surface area contributed by atoms with Crippen molar-refractivity contribution in [2.45, 2.75) is 26.8 Å². The molecule has 2 N–H and O–H groups in total. The topological polar surface area (TPSA) is 71.8 Å². The van der Waals surface area contributed by atoms with E-state index < -0.39 is 0 Å². The third-order valence-corrected chi connectivity index (χ3v) is 3.66. The molecule has 0 saturated heterocycles. The highest BCUT2D eigenvalue weighted by Gasteiger charge is 2.22. The number of hydrogen-bond donors (Lipinski definition) is 2. The van der Waals surface area contributed by atoms with Crippen molar-refractivity contribution in [1.29, 1.82) is 0 Å². The third-order valence-electron chi connectivity index (χ3n) is 3.35. The Bertz CT molecular complexity index is 668. The van der Waals surface area contributed by atoms with E-state index in [4.69, 9.17) is 11.6 Å². The smallest absolute Gasteiger partial charge is 0.319 e. The van der Waals surface area contributed by atoms with Crippen LogP contribution in [-0.4, -0.2) is 20.8 Å². The van der Waals surface area contributed by atoms with Crippen LogP contribution in [0.4, 0.5) is 10.5 Å². The molecule has 6 nitrogen and oxygen atoms in total. The van der Waals surface area contributed by atoms with E-state index in [2.05, 4.69) is 20.7 Å². The van der Waals surface area contributed by atoms with Crippen molar-refractivity contribution < 1.29 is 4.79 Å². The zero-order valence-corrected chi connectivity index (χ0v) is 13.8. The standard InChI is InChI=1S/C15H20ClN5O/c1-9(2)13(14-17-8-18-21(14)4)20-15(22)19-12-6-5-10(3)7-11(12)16/h5-9,13H,1-4H3,(H2,19,20,22)/t13-/m1/s1. The summed E-state index contributed by atoms with van der Waals surface area (Å²) < 4.78 is 1.66. The summed E-state index contributed by atoms with van der Waals surface area (Å²) in [5.74, 6) is 0.877. The number of carbonyl (C=O) groups excluding carboxylic acids is 1. The number of anilines is 1. The van der Waals surface area contributed by atoms with Gasteiger partial charge in [-0.05, 0) is 30.5 Å². The molecule has 22 heavy (non-hydrogen) atoms. The molecule has 7 heteroatoms. The number of aryl methyl sites for hydroxylation is 2. The van der Waals surface area contributed by atoms with Gasteiger partial charge >= 0.3 is 6.03 Å². The first-order chi connectivity index (χ1) is 10.4. The number of carbonyl (C=O) groups is 1. The summed E-state index contributed by atoms with van der Waals surface area (Å²) in [4.78, 5) is 16.4. The number of aromatic nitrogens is 3. The normalized spacial score (nSPS) is 12.3. The average Bonchev–Trinajstić information content (AvgIpc) is 2.85. The summed E-state index contributed by atoms with van der Waals surface area (Å²) in [5.41, 5.74) is 1.61. The van der Waals surface area contributed by atoms with Crippen LogP contribution >= 0.6 is 11.6 Å². The van der Waals surface area contributed by atoms with Crippen LogP contribution in [0.3, 0.4) is 0 Å². The summed E-state index contributed by atoms with van der Waals surface area (Å²) in [6.45, 7) is 5.97. The molecule has 0 saturated carbocycles. The fraction of sp³-hybridized carbons (Fsp3) is 0.400. The SMILES string of the molecule is Cc1ccc(NC(=O)N[C@@H](c2ncnn2C)C(C)C)c(Cl)c1. The molecular formula is C15H20ClN5O. The lowest BCUT2D eigenvalue weighted by molar-refractivity contribution is 0.243. The Morgan fingerprint density at radius 2 is 2.09 bits per heavy atom. The van der Waals surface area contributed by atoms with Crippen molar-refractivity contribution in [2.75, 3.05) is 5.32 Å². The number of urea groups is 1. The highest BCUT2D eigenvalue weighted by molar-refractivity contribution is 6.33. The van der Waals surface area contributed by atoms with Crippen molar-refractivity contribution in [1.82, 2.24) is 20.1 Å². The summed E-state index contributed by atoms with van der Waals surface area (Å²) in [6, 6.07) is 4.91. The van der Waals surface area contributed by atoms with Gasteiger partial charge in [0, 0.05) is 7.05 Å². The molecule has 2 rings (SSSR count). The molecule has 0 aliphatic rings. The van der Waals surface area contributed by atoms with Gasteiger partial charge in [-0.2, -0.15) is 5.10 Å². The number of halogens is 1. The molecule has 0 bridgehead atoms. The number of nitrogens with zero attached hydrogens (tertiary/aromatic N) is 3. The second-order valence-corrected chi connectivity index (χ2v) is 5.95. The van der Waals surface area contributed by atoms with Crippen LogP contribution in [0.15, 0.2) is 24.5 Å². The first-order valence-electron chi connectivity index (χ1n) is 7.06. The van der Waals surface area contributed by atoms with Crippen LogP contribution in [-0.2, 0) is 7.05 Å². The Kier molecular flexibility index (Phi) is 5.03. The third kappa shape index (κ3) is 3.76. The van der Waals surface area contributed by atoms with Crippen LogP contribution in [0.25, 0.3) is 0 Å². The van der Waals surface area contributed by atoms with Crippen LogP contribution < -0.4 is 10.6 Å². The van der Waals surface area contributed by atoms with Gasteiger partial charge in [0.25, 0.3) is 0 Å². The molecule has 0 fully saturated rings. The average molecular weight is 322 g/mol. The molecule has 0 radical (unpaired) electrons. The fourth-order valence-electron chi connectivity index (χ4n) is 2.14. The fourth-order valence-corrected chi connectivity index (χ4v) is 2.42. The number of hydrogen-bond acceptors (Lipinski definition) is 3. The number of nitrogens with one attached hydrogen (secondary N) is 2. The van der Waals surface area contributed by atoms with E-state index in [9.17, 15) is 4.79 Å². The Labute approximate surface area is 134 Å². The summed E-state index contributed by atoms with van der Waals surface area (Å²) in [6.07, 6.45) is 1.47. The van der Waals surface area contributed by atoms with E-state index in [1.54, 1.807) is 23.9 Å². The van der Waals surface area contributed by atoms with E-state index >= 15 is 0 Å². The van der Waals surface area contributed by atoms with Gasteiger partial charge in [0.15, 0.2) is 0 Å². The highest BCUT2D eigenvalue weighted by Crippen LogP contribution is 2.23. The van der Waals surface area contributed by atoms with E-state index in [1.807, 2.05) is 26.8 Å². The van der Waals surface area contributed by atoms with Crippen LogP contribution in [0.5, 0.6) is 0 Å². The van der Waals surface area contributed by atoms with Crippen molar-refractivity contribution >= 4 is 23.3 Å². The first kappa shape index (κ1) is 16.3.